The van der Waals surface area contributed by atoms with Gasteiger partial charge in [0.05, 0.1) is 0 Å². The molecule has 0 spiro atoms. The van der Waals surface area contributed by atoms with E-state index >= 15 is 0 Å². The van der Waals surface area contributed by atoms with Crippen LogP contribution in [0.4, 0.5) is 4.79 Å². The maximum absolute atomic E-state index is 11.8. The molecule has 0 saturated carbocycles. The van der Waals surface area contributed by atoms with E-state index in [0.29, 0.717) is 12.2 Å². The summed E-state index contributed by atoms with van der Waals surface area (Å²) in [6, 6.07) is -1.03. The highest BCUT2D eigenvalue weighted by molar-refractivity contribution is 7.98. The molecule has 0 aromatic heterocycles. The van der Waals surface area contributed by atoms with E-state index < -0.39 is 12.0 Å². The molecule has 1 aliphatic heterocycles. The average Bonchev–Trinajstić information content (AvgIpc) is 2.37. The predicted molar refractivity (Wildman–Crippen MR) is 76.6 cm³/mol. The van der Waals surface area contributed by atoms with Gasteiger partial charge in [-0.15, -0.1) is 0 Å². The summed E-state index contributed by atoms with van der Waals surface area (Å²) in [5, 5.41) is 14.4. The highest BCUT2D eigenvalue weighted by atomic mass is 32.2. The van der Waals surface area contributed by atoms with Crippen molar-refractivity contribution in [3.05, 3.63) is 0 Å². The number of aliphatic carboxylic acids is 1. The summed E-state index contributed by atoms with van der Waals surface area (Å²) in [6.07, 6.45) is 4.17. The van der Waals surface area contributed by atoms with Gasteiger partial charge in [-0.1, -0.05) is 0 Å². The Kier molecular flexibility index (Phi) is 7.01. The van der Waals surface area contributed by atoms with E-state index in [1.54, 1.807) is 11.8 Å². The van der Waals surface area contributed by atoms with Gasteiger partial charge in [0.15, 0.2) is 0 Å². The monoisotopic (exact) mass is 289 g/mol. The van der Waals surface area contributed by atoms with Gasteiger partial charge in [-0.2, -0.15) is 11.8 Å². The van der Waals surface area contributed by atoms with Crippen LogP contribution < -0.4 is 10.6 Å². The van der Waals surface area contributed by atoms with Crippen molar-refractivity contribution in [1.29, 1.82) is 0 Å². The van der Waals surface area contributed by atoms with Crippen molar-refractivity contribution in [2.75, 3.05) is 32.1 Å². The lowest BCUT2D eigenvalue weighted by Gasteiger charge is -2.29. The summed E-state index contributed by atoms with van der Waals surface area (Å²) in [4.78, 5) is 25.0. The molecule has 2 amide bonds. The van der Waals surface area contributed by atoms with Crippen LogP contribution in [0.5, 0.6) is 0 Å². The number of hydrogen-bond acceptors (Lipinski definition) is 4. The molecular weight excluding hydrogens is 266 g/mol. The first-order chi connectivity index (χ1) is 9.02. The number of rotatable bonds is 6. The van der Waals surface area contributed by atoms with Gasteiger partial charge >= 0.3 is 12.0 Å². The fraction of sp³-hybridized carbons (Fsp3) is 0.833. The molecule has 1 aliphatic rings. The van der Waals surface area contributed by atoms with Crippen LogP contribution in [0.25, 0.3) is 0 Å². The zero-order valence-electron chi connectivity index (χ0n) is 11.5. The molecule has 0 radical (unpaired) electrons. The summed E-state index contributed by atoms with van der Waals surface area (Å²) in [5.41, 5.74) is 0. The number of carbonyl (C=O) groups excluding carboxylic acids is 1. The number of amides is 2. The molecule has 0 aromatic rings. The van der Waals surface area contributed by atoms with Gasteiger partial charge in [0.1, 0.15) is 6.04 Å². The van der Waals surface area contributed by atoms with E-state index in [2.05, 4.69) is 22.6 Å². The lowest BCUT2D eigenvalue weighted by atomic mass is 10.1. The topological polar surface area (TPSA) is 81.7 Å². The standard InChI is InChI=1S/C12H23N3O3S/c1-15-6-3-9(4-7-15)13-12(18)14-10(11(16)17)5-8-19-2/h9-10H,3-8H2,1-2H3,(H,16,17)(H2,13,14,18). The Hall–Kier alpha value is -0.950. The first-order valence-electron chi connectivity index (χ1n) is 6.50. The molecule has 1 unspecified atom stereocenters. The number of nitrogens with zero attached hydrogens (tertiary/aromatic N) is 1. The Morgan fingerprint density at radius 1 is 1.42 bits per heavy atom. The normalized spacial score (nSPS) is 18.8. The number of carbonyl (C=O) groups is 2. The third kappa shape index (κ3) is 6.15. The smallest absolute Gasteiger partial charge is 0.326 e. The Labute approximate surface area is 118 Å². The molecule has 0 aromatic carbocycles. The van der Waals surface area contributed by atoms with Gasteiger partial charge in [0.25, 0.3) is 0 Å². The highest BCUT2D eigenvalue weighted by Gasteiger charge is 2.22. The van der Waals surface area contributed by atoms with E-state index in [0.717, 1.165) is 25.9 Å². The number of carboxylic acids is 1. The third-order valence-electron chi connectivity index (χ3n) is 3.27. The minimum Gasteiger partial charge on any atom is -0.480 e. The molecule has 110 valence electrons. The van der Waals surface area contributed by atoms with Crippen LogP contribution in [0.3, 0.4) is 0 Å². The molecule has 1 atom stereocenters. The van der Waals surface area contributed by atoms with Gasteiger partial charge in [-0.3, -0.25) is 0 Å². The maximum atomic E-state index is 11.8. The second kappa shape index (κ2) is 8.27. The van der Waals surface area contributed by atoms with Crippen LogP contribution in [0.1, 0.15) is 19.3 Å². The molecule has 3 N–H and O–H groups in total. The lowest BCUT2D eigenvalue weighted by molar-refractivity contribution is -0.139. The number of nitrogens with one attached hydrogen (secondary N) is 2. The summed E-state index contributed by atoms with van der Waals surface area (Å²) in [6.45, 7) is 1.92. The van der Waals surface area contributed by atoms with E-state index in [-0.39, 0.29) is 12.1 Å². The minimum atomic E-state index is -0.979. The van der Waals surface area contributed by atoms with Crippen molar-refractivity contribution in [2.45, 2.75) is 31.3 Å². The largest absolute Gasteiger partial charge is 0.480 e. The fourth-order valence-corrected chi connectivity index (χ4v) is 2.50. The minimum absolute atomic E-state index is 0.145. The first-order valence-corrected chi connectivity index (χ1v) is 7.89. The Morgan fingerprint density at radius 2 is 2.05 bits per heavy atom. The van der Waals surface area contributed by atoms with Crippen LogP contribution >= 0.6 is 11.8 Å². The van der Waals surface area contributed by atoms with Gasteiger partial charge in [0, 0.05) is 6.04 Å². The summed E-state index contributed by atoms with van der Waals surface area (Å²) < 4.78 is 0. The summed E-state index contributed by atoms with van der Waals surface area (Å²) in [5.74, 6) is -0.265. The van der Waals surface area contributed by atoms with E-state index in [1.807, 2.05) is 6.26 Å². The molecule has 0 aliphatic carbocycles. The van der Waals surface area contributed by atoms with Crippen LogP contribution in [0.2, 0.25) is 0 Å². The quantitative estimate of drug-likeness (QED) is 0.666. The molecule has 1 rings (SSSR count). The van der Waals surface area contributed by atoms with Gasteiger partial charge in [-0.05, 0) is 51.4 Å². The Morgan fingerprint density at radius 3 is 2.58 bits per heavy atom. The number of carboxylic acid groups (broad SMARTS) is 1. The molecule has 19 heavy (non-hydrogen) atoms. The third-order valence-corrected chi connectivity index (χ3v) is 3.91. The second-order valence-corrected chi connectivity index (χ2v) is 5.85. The van der Waals surface area contributed by atoms with Gasteiger partial charge in [0.2, 0.25) is 0 Å². The molecule has 1 heterocycles. The second-order valence-electron chi connectivity index (χ2n) is 4.87. The number of likely N-dealkylation sites (tertiary alicyclic amines) is 1. The Balaban J connectivity index is 2.33. The summed E-state index contributed by atoms with van der Waals surface area (Å²) >= 11 is 1.57. The Bertz CT molecular complexity index is 307. The molecule has 6 nitrogen and oxygen atoms in total. The van der Waals surface area contributed by atoms with Crippen molar-refractivity contribution in [3.8, 4) is 0 Å². The number of hydrogen-bond donors (Lipinski definition) is 3. The number of thioether (sulfide) groups is 1. The van der Waals surface area contributed by atoms with Crippen molar-refractivity contribution in [3.63, 3.8) is 0 Å². The van der Waals surface area contributed by atoms with Crippen molar-refractivity contribution in [1.82, 2.24) is 15.5 Å². The average molecular weight is 289 g/mol. The van der Waals surface area contributed by atoms with Crippen LogP contribution in [-0.4, -0.2) is 66.2 Å². The molecule has 7 heteroatoms. The molecule has 0 bridgehead atoms. The van der Waals surface area contributed by atoms with E-state index in [9.17, 15) is 9.59 Å². The predicted octanol–water partition coefficient (Wildman–Crippen LogP) is 0.586. The fourth-order valence-electron chi connectivity index (χ4n) is 2.03. The summed E-state index contributed by atoms with van der Waals surface area (Å²) in [7, 11) is 2.05. The van der Waals surface area contributed by atoms with Gasteiger partial charge < -0.3 is 20.6 Å². The molecule has 1 saturated heterocycles. The number of urea groups is 1. The van der Waals surface area contributed by atoms with Crippen molar-refractivity contribution < 1.29 is 14.7 Å². The lowest BCUT2D eigenvalue weighted by Crippen LogP contribution is -2.51. The van der Waals surface area contributed by atoms with Crippen LogP contribution in [-0.2, 0) is 4.79 Å². The van der Waals surface area contributed by atoms with Crippen LogP contribution in [0, 0.1) is 0 Å². The SMILES string of the molecule is CSCCC(NC(=O)NC1CCN(C)CC1)C(=O)O. The molecule has 1 fully saturated rings. The highest BCUT2D eigenvalue weighted by Crippen LogP contribution is 2.08. The van der Waals surface area contributed by atoms with Gasteiger partial charge in [-0.25, -0.2) is 9.59 Å². The first kappa shape index (κ1) is 16.1. The van der Waals surface area contributed by atoms with Crippen molar-refractivity contribution in [2.24, 2.45) is 0 Å². The van der Waals surface area contributed by atoms with E-state index in [4.69, 9.17) is 5.11 Å². The molecular formula is C12H23N3O3S. The maximum Gasteiger partial charge on any atom is 0.326 e. The zero-order chi connectivity index (χ0) is 14.3. The van der Waals surface area contributed by atoms with E-state index in [1.165, 1.54) is 0 Å². The van der Waals surface area contributed by atoms with Crippen molar-refractivity contribution >= 4 is 23.8 Å². The van der Waals surface area contributed by atoms with Crippen LogP contribution in [0.15, 0.2) is 0 Å². The number of piperidine rings is 1. The zero-order valence-corrected chi connectivity index (χ0v) is 12.3.